The van der Waals surface area contributed by atoms with Crippen molar-refractivity contribution in [3.05, 3.63) is 156 Å². The third-order valence-electron chi connectivity index (χ3n) is 10.2. The van der Waals surface area contributed by atoms with Crippen LogP contribution in [0, 0.1) is 5.82 Å². The number of hydrogen-bond acceptors (Lipinski definition) is 8. The van der Waals surface area contributed by atoms with Gasteiger partial charge in [0.1, 0.15) is 35.7 Å². The van der Waals surface area contributed by atoms with Crippen LogP contribution in [0.4, 0.5) is 4.39 Å². The van der Waals surface area contributed by atoms with E-state index < -0.39 is 72.1 Å². The molecule has 4 aromatic carbocycles. The Balaban J connectivity index is 1.35. The summed E-state index contributed by atoms with van der Waals surface area (Å²) in [7, 11) is 0. The van der Waals surface area contributed by atoms with E-state index in [2.05, 4.69) is 31.6 Å². The second kappa shape index (κ2) is 21.7. The van der Waals surface area contributed by atoms with E-state index in [9.17, 15) is 28.8 Å². The van der Waals surface area contributed by atoms with Crippen molar-refractivity contribution >= 4 is 35.5 Å². The van der Waals surface area contributed by atoms with E-state index in [1.54, 1.807) is 54.9 Å². The number of pyridine rings is 1. The van der Waals surface area contributed by atoms with Gasteiger partial charge < -0.3 is 36.4 Å². The Kier molecular flexibility index (Phi) is 15.5. The highest BCUT2D eigenvalue weighted by Crippen LogP contribution is 2.21. The number of carboxylic acids is 1. The number of hydrogen-bond donors (Lipinski definition) is 6. The van der Waals surface area contributed by atoms with Crippen LogP contribution in [0.25, 0.3) is 11.1 Å². The van der Waals surface area contributed by atoms with Crippen molar-refractivity contribution in [2.45, 2.75) is 62.7 Å². The standard InChI is InChI=1S/C47H47FN6O8/c48-37-10-5-4-9-35(37)28-41-47(61)52-38(44(58)50-22-6-11-43(56)57)25-31-14-18-36(19-15-31)62-29-42(55)51-39(27-32-20-23-49-24-21-32)45(59)53-40(46(60)54-41)26-30-12-16-34(17-13-30)33-7-2-1-3-8-33/h1-5,7-10,12-21,23-24,38-41H,6,11,22,25-29H2,(H,50,58)(H,51,55)(H,52,61)(H,53,59)(H,54,60)(H,56,57)/t38-,39+,40-,41+/m1/s1. The van der Waals surface area contributed by atoms with Crippen molar-refractivity contribution in [1.29, 1.82) is 0 Å². The quantitative estimate of drug-likeness (QED) is 0.0803. The van der Waals surface area contributed by atoms with Gasteiger partial charge >= 0.3 is 5.97 Å². The number of benzene rings is 4. The van der Waals surface area contributed by atoms with Gasteiger partial charge in [-0.2, -0.15) is 0 Å². The summed E-state index contributed by atoms with van der Waals surface area (Å²) in [5.41, 5.74) is 3.92. The Labute approximate surface area is 357 Å². The predicted molar refractivity (Wildman–Crippen MR) is 227 cm³/mol. The number of amides is 5. The van der Waals surface area contributed by atoms with Gasteiger partial charge in [-0.1, -0.05) is 84.9 Å². The largest absolute Gasteiger partial charge is 0.484 e. The van der Waals surface area contributed by atoms with Crippen LogP contribution < -0.4 is 31.3 Å². The Bertz CT molecular complexity index is 2330. The lowest BCUT2D eigenvalue weighted by Crippen LogP contribution is -2.59. The number of carbonyl (C=O) groups excluding carboxylic acids is 5. The maximum absolute atomic E-state index is 15.2. The molecule has 0 saturated carbocycles. The number of carboxylic acid groups (broad SMARTS) is 1. The van der Waals surface area contributed by atoms with Crippen LogP contribution in [0.2, 0.25) is 0 Å². The smallest absolute Gasteiger partial charge is 0.303 e. The second-order valence-electron chi connectivity index (χ2n) is 14.9. The average molecular weight is 843 g/mol. The number of nitrogens with one attached hydrogen (secondary N) is 5. The van der Waals surface area contributed by atoms with Crippen molar-refractivity contribution in [3.8, 4) is 16.9 Å². The first-order valence-corrected chi connectivity index (χ1v) is 20.2. The number of carbonyl (C=O) groups is 6. The van der Waals surface area contributed by atoms with E-state index in [1.807, 2.05) is 54.6 Å². The van der Waals surface area contributed by atoms with E-state index in [-0.39, 0.29) is 50.6 Å². The zero-order valence-corrected chi connectivity index (χ0v) is 33.7. The first-order chi connectivity index (χ1) is 30.0. The molecule has 14 nitrogen and oxygen atoms in total. The molecule has 0 fully saturated rings. The number of ether oxygens (including phenoxy) is 1. The summed E-state index contributed by atoms with van der Waals surface area (Å²) in [5, 5.41) is 22.7. The first-order valence-electron chi connectivity index (χ1n) is 20.2. The van der Waals surface area contributed by atoms with E-state index in [1.165, 1.54) is 18.2 Å². The predicted octanol–water partition coefficient (Wildman–Crippen LogP) is 3.47. The summed E-state index contributed by atoms with van der Waals surface area (Å²) >= 11 is 0. The molecule has 15 heteroatoms. The summed E-state index contributed by atoms with van der Waals surface area (Å²) < 4.78 is 20.9. The van der Waals surface area contributed by atoms with Crippen LogP contribution in [0.5, 0.6) is 5.75 Å². The van der Waals surface area contributed by atoms with Crippen LogP contribution in [-0.4, -0.2) is 82.9 Å². The highest BCUT2D eigenvalue weighted by molar-refractivity contribution is 5.96. The van der Waals surface area contributed by atoms with Crippen molar-refractivity contribution in [2.24, 2.45) is 0 Å². The molecular formula is C47H47FN6O8. The molecule has 5 amide bonds. The third kappa shape index (κ3) is 13.0. The zero-order valence-electron chi connectivity index (χ0n) is 33.7. The minimum atomic E-state index is -1.45. The molecule has 3 heterocycles. The van der Waals surface area contributed by atoms with E-state index >= 15 is 4.39 Å². The molecule has 5 aromatic rings. The molecule has 0 unspecified atom stereocenters. The molecule has 2 aliphatic rings. The molecule has 62 heavy (non-hydrogen) atoms. The first kappa shape index (κ1) is 44.1. The van der Waals surface area contributed by atoms with Gasteiger partial charge in [0.25, 0.3) is 5.91 Å². The average Bonchev–Trinajstić information content (AvgIpc) is 3.27. The lowest BCUT2D eigenvalue weighted by atomic mass is 9.98. The molecule has 0 spiro atoms. The molecule has 2 bridgehead atoms. The molecular weight excluding hydrogens is 796 g/mol. The van der Waals surface area contributed by atoms with E-state index in [0.29, 0.717) is 22.4 Å². The van der Waals surface area contributed by atoms with Gasteiger partial charge in [-0.25, -0.2) is 4.39 Å². The van der Waals surface area contributed by atoms with Crippen molar-refractivity contribution in [2.75, 3.05) is 13.2 Å². The van der Waals surface area contributed by atoms with E-state index in [0.717, 1.165) is 11.1 Å². The highest BCUT2D eigenvalue weighted by Gasteiger charge is 2.33. The van der Waals surface area contributed by atoms with Crippen molar-refractivity contribution in [3.63, 3.8) is 0 Å². The summed E-state index contributed by atoms with van der Waals surface area (Å²) in [5.74, 6) is -4.88. The maximum atomic E-state index is 15.2. The molecule has 0 aliphatic carbocycles. The molecule has 4 atom stereocenters. The number of halogens is 1. The van der Waals surface area contributed by atoms with E-state index in [4.69, 9.17) is 9.84 Å². The van der Waals surface area contributed by atoms with Gasteiger partial charge in [-0.05, 0) is 70.1 Å². The maximum Gasteiger partial charge on any atom is 0.303 e. The van der Waals surface area contributed by atoms with Gasteiger partial charge in [0.2, 0.25) is 23.6 Å². The molecule has 320 valence electrons. The molecule has 6 N–H and O–H groups in total. The molecule has 2 aliphatic heterocycles. The highest BCUT2D eigenvalue weighted by atomic mass is 19.1. The molecule has 1 aromatic heterocycles. The number of rotatable bonds is 12. The Morgan fingerprint density at radius 3 is 1.92 bits per heavy atom. The topological polar surface area (TPSA) is 205 Å². The number of nitrogens with zero attached hydrogens (tertiary/aromatic N) is 1. The van der Waals surface area contributed by atoms with Crippen molar-refractivity contribution in [1.82, 2.24) is 31.6 Å². The summed E-state index contributed by atoms with van der Waals surface area (Å²) in [4.78, 5) is 85.2. The van der Waals surface area contributed by atoms with Crippen LogP contribution in [0.3, 0.4) is 0 Å². The lowest BCUT2D eigenvalue weighted by molar-refractivity contribution is -0.137. The third-order valence-corrected chi connectivity index (χ3v) is 10.2. The Morgan fingerprint density at radius 1 is 0.677 bits per heavy atom. The van der Waals surface area contributed by atoms with Gasteiger partial charge in [0.15, 0.2) is 6.61 Å². The minimum absolute atomic E-state index is 0.0115. The summed E-state index contributed by atoms with van der Waals surface area (Å²) in [6.45, 7) is -0.441. The van der Waals surface area contributed by atoms with Crippen LogP contribution >= 0.6 is 0 Å². The fraction of sp³-hybridized carbons (Fsp3) is 0.255. The number of aromatic nitrogens is 1. The number of aliphatic carboxylic acids is 1. The molecule has 0 saturated heterocycles. The Hall–Kier alpha value is -7.42. The minimum Gasteiger partial charge on any atom is -0.484 e. The second-order valence-corrected chi connectivity index (χ2v) is 14.9. The fourth-order valence-corrected chi connectivity index (χ4v) is 6.91. The van der Waals surface area contributed by atoms with Crippen LogP contribution in [0.1, 0.15) is 35.1 Å². The molecule has 7 rings (SSSR count). The van der Waals surface area contributed by atoms with Gasteiger partial charge in [0.05, 0.1) is 0 Å². The van der Waals surface area contributed by atoms with Crippen LogP contribution in [-0.2, 0) is 54.5 Å². The van der Waals surface area contributed by atoms with Gasteiger partial charge in [-0.15, -0.1) is 0 Å². The van der Waals surface area contributed by atoms with Crippen LogP contribution in [0.15, 0.2) is 128 Å². The number of fused-ring (bicyclic) bond motifs is 16. The fourth-order valence-electron chi connectivity index (χ4n) is 6.91. The van der Waals surface area contributed by atoms with Gasteiger partial charge in [-0.3, -0.25) is 33.8 Å². The van der Waals surface area contributed by atoms with Gasteiger partial charge in [0, 0.05) is 51.0 Å². The lowest BCUT2D eigenvalue weighted by Gasteiger charge is -2.27. The summed E-state index contributed by atoms with van der Waals surface area (Å²) in [6.07, 6.45) is 2.68. The molecule has 0 radical (unpaired) electrons. The monoisotopic (exact) mass is 842 g/mol. The SMILES string of the molecule is O=C(O)CCCNC(=O)[C@H]1Cc2ccc(cc2)OCC(=O)N[C@@H](Cc2ccncc2)C(=O)N[C@H](Cc2ccc(-c3ccccc3)cc2)C(=O)N[C@@H](Cc2ccccc2F)C(=O)N1. The van der Waals surface area contributed by atoms with Crippen molar-refractivity contribution < 1.29 is 43.0 Å². The Morgan fingerprint density at radius 2 is 1.26 bits per heavy atom. The summed E-state index contributed by atoms with van der Waals surface area (Å²) in [6, 6.07) is 27.5. The normalized spacial score (nSPS) is 18.7. The zero-order chi connectivity index (χ0) is 43.8.